The van der Waals surface area contributed by atoms with Crippen LogP contribution in [0.4, 0.5) is 11.4 Å². The van der Waals surface area contributed by atoms with Gasteiger partial charge in [0.2, 0.25) is 15.7 Å². The summed E-state index contributed by atoms with van der Waals surface area (Å²) in [6.45, 7) is 4.10. The summed E-state index contributed by atoms with van der Waals surface area (Å²) in [6.07, 6.45) is 0. The second-order valence-electron chi connectivity index (χ2n) is 6.33. The summed E-state index contributed by atoms with van der Waals surface area (Å²) in [5.41, 5.74) is 0.911. The van der Waals surface area contributed by atoms with Crippen molar-refractivity contribution in [3.8, 4) is 0 Å². The summed E-state index contributed by atoms with van der Waals surface area (Å²) in [6, 6.07) is 8.24. The molecule has 2 aromatic rings. The van der Waals surface area contributed by atoms with Crippen molar-refractivity contribution in [2.75, 3.05) is 15.9 Å². The summed E-state index contributed by atoms with van der Waals surface area (Å²) in [4.78, 5) is 20.3. The van der Waals surface area contributed by atoms with Crippen LogP contribution in [-0.2, 0) is 24.7 Å². The van der Waals surface area contributed by atoms with Crippen LogP contribution < -0.4 is 10.0 Å². The third-order valence-electron chi connectivity index (χ3n) is 3.79. The van der Waals surface area contributed by atoms with Crippen molar-refractivity contribution < 1.29 is 26.6 Å². The summed E-state index contributed by atoms with van der Waals surface area (Å²) in [7, 11) is -8.25. The van der Waals surface area contributed by atoms with E-state index in [0.717, 1.165) is 12.1 Å². The highest BCUT2D eigenvalue weighted by molar-refractivity contribution is 7.92. The Morgan fingerprint density at radius 1 is 1.00 bits per heavy atom. The van der Waals surface area contributed by atoms with Gasteiger partial charge in [0.15, 0.2) is 0 Å². The smallest absolute Gasteiger partial charge is 0.305 e. The van der Waals surface area contributed by atoms with E-state index in [1.165, 1.54) is 45.0 Å². The Morgan fingerprint density at radius 3 is 1.93 bits per heavy atom. The van der Waals surface area contributed by atoms with Gasteiger partial charge in [-0.25, -0.2) is 16.8 Å². The maximum absolute atomic E-state index is 12.7. The maximum atomic E-state index is 12.7. The van der Waals surface area contributed by atoms with Gasteiger partial charge in [-0.05, 0) is 61.4 Å². The van der Waals surface area contributed by atoms with E-state index < -0.39 is 30.7 Å². The van der Waals surface area contributed by atoms with E-state index >= 15 is 0 Å². The zero-order valence-electron chi connectivity index (χ0n) is 15.8. The minimum absolute atomic E-state index is 0.0910. The molecule has 0 saturated carbocycles. The number of rotatable bonds is 7. The van der Waals surface area contributed by atoms with E-state index in [4.69, 9.17) is 0 Å². The molecule has 12 heteroatoms. The number of nitrogens with zero attached hydrogens (tertiary/aromatic N) is 1. The van der Waals surface area contributed by atoms with Gasteiger partial charge in [0.25, 0.3) is 10.0 Å². The first-order valence-electron chi connectivity index (χ1n) is 8.18. The Hall–Kier alpha value is -2.99. The van der Waals surface area contributed by atoms with Crippen LogP contribution in [0.15, 0.2) is 46.2 Å². The number of carbonyl (C=O) groups is 1. The van der Waals surface area contributed by atoms with E-state index in [2.05, 4.69) is 10.0 Å². The van der Waals surface area contributed by atoms with E-state index in [1.54, 1.807) is 0 Å². The number of nitrogens with one attached hydrogen (secondary N) is 2. The Labute approximate surface area is 168 Å². The number of sulfonamides is 1. The van der Waals surface area contributed by atoms with Crippen LogP contribution in [0.25, 0.3) is 0 Å². The zero-order chi connectivity index (χ0) is 22.0. The normalized spacial score (nSPS) is 11.7. The lowest BCUT2D eigenvalue weighted by atomic mass is 10.1. The molecule has 0 saturated heterocycles. The summed E-state index contributed by atoms with van der Waals surface area (Å²) in [5, 5.41) is 13.2. The molecule has 156 valence electrons. The first-order chi connectivity index (χ1) is 13.3. The van der Waals surface area contributed by atoms with Crippen LogP contribution in [0.3, 0.4) is 0 Å². The minimum Gasteiger partial charge on any atom is -0.326 e. The lowest BCUT2D eigenvalue weighted by Crippen LogP contribution is -2.18. The first kappa shape index (κ1) is 22.3. The third-order valence-corrected chi connectivity index (χ3v) is 6.97. The van der Waals surface area contributed by atoms with Crippen molar-refractivity contribution in [1.82, 2.24) is 0 Å². The van der Waals surface area contributed by atoms with E-state index in [-0.39, 0.29) is 32.5 Å². The average molecular weight is 441 g/mol. The Balaban J connectivity index is 2.36. The molecule has 0 aliphatic carbocycles. The largest absolute Gasteiger partial charge is 0.326 e. The molecule has 0 radical (unpaired) electrons. The van der Waals surface area contributed by atoms with Gasteiger partial charge in [-0.3, -0.25) is 19.6 Å². The highest BCUT2D eigenvalue weighted by atomic mass is 32.2. The molecule has 10 nitrogen and oxygen atoms in total. The summed E-state index contributed by atoms with van der Waals surface area (Å²) < 4.78 is 52.1. The Morgan fingerprint density at radius 2 is 1.48 bits per heavy atom. The number of carbonyl (C=O) groups excluding carboxylic acids is 1. The molecular formula is C17H19N3O7S2. The standard InChI is InChI=1S/C17H19N3O7S2/c1-11-8-16(9-12(2)17(11)28(24,25)10-20(22)23)29(26,27)19-15-6-4-14(5-7-15)18-13(3)21/h4-9,19H,10H2,1-3H3,(H,18,21). The second-order valence-corrected chi connectivity index (χ2v) is 9.91. The summed E-state index contributed by atoms with van der Waals surface area (Å²) >= 11 is 0. The first-order valence-corrected chi connectivity index (χ1v) is 11.3. The monoisotopic (exact) mass is 441 g/mol. The molecule has 0 bridgehead atoms. The number of nitro groups is 1. The number of benzene rings is 2. The zero-order valence-corrected chi connectivity index (χ0v) is 17.4. The summed E-state index contributed by atoms with van der Waals surface area (Å²) in [5.74, 6) is -1.55. The van der Waals surface area contributed by atoms with E-state index in [9.17, 15) is 31.7 Å². The molecule has 1 amide bonds. The van der Waals surface area contributed by atoms with Gasteiger partial charge in [0.1, 0.15) is 0 Å². The molecule has 0 fully saturated rings. The topological polar surface area (TPSA) is 153 Å². The van der Waals surface area contributed by atoms with Gasteiger partial charge < -0.3 is 5.32 Å². The number of aryl methyl sites for hydroxylation is 2. The second kappa shape index (κ2) is 8.17. The van der Waals surface area contributed by atoms with Crippen LogP contribution in [0.1, 0.15) is 18.1 Å². The molecular weight excluding hydrogens is 422 g/mol. The fourth-order valence-electron chi connectivity index (χ4n) is 2.80. The molecule has 0 heterocycles. The highest BCUT2D eigenvalue weighted by Gasteiger charge is 2.27. The lowest BCUT2D eigenvalue weighted by Gasteiger charge is -2.13. The molecule has 0 aliphatic heterocycles. The van der Waals surface area contributed by atoms with Gasteiger partial charge in [-0.1, -0.05) is 0 Å². The predicted molar refractivity (Wildman–Crippen MR) is 107 cm³/mol. The van der Waals surface area contributed by atoms with E-state index in [0.29, 0.717) is 5.69 Å². The third kappa shape index (κ3) is 5.51. The molecule has 0 aliphatic rings. The minimum atomic E-state index is -4.21. The predicted octanol–water partition coefficient (Wildman–Crippen LogP) is 2.07. The molecule has 2 rings (SSSR count). The van der Waals surface area contributed by atoms with Crippen molar-refractivity contribution in [2.24, 2.45) is 0 Å². The van der Waals surface area contributed by atoms with Crippen LogP contribution in [0, 0.1) is 24.0 Å². The van der Waals surface area contributed by atoms with Gasteiger partial charge >= 0.3 is 5.88 Å². The Bertz CT molecular complexity index is 1150. The van der Waals surface area contributed by atoms with Crippen LogP contribution in [0.5, 0.6) is 0 Å². The number of sulfone groups is 1. The van der Waals surface area contributed by atoms with Crippen molar-refractivity contribution in [3.63, 3.8) is 0 Å². The quantitative estimate of drug-likeness (QED) is 0.493. The van der Waals surface area contributed by atoms with Crippen LogP contribution >= 0.6 is 0 Å². The maximum Gasteiger partial charge on any atom is 0.305 e. The van der Waals surface area contributed by atoms with Crippen molar-refractivity contribution >= 4 is 37.1 Å². The fourth-order valence-corrected chi connectivity index (χ4v) is 5.53. The molecule has 0 aromatic heterocycles. The SMILES string of the molecule is CC(=O)Nc1ccc(NS(=O)(=O)c2cc(C)c(S(=O)(=O)C[N+](=O)[O-])c(C)c2)cc1. The van der Waals surface area contributed by atoms with Crippen molar-refractivity contribution in [1.29, 1.82) is 0 Å². The molecule has 29 heavy (non-hydrogen) atoms. The molecule has 2 aromatic carbocycles. The average Bonchev–Trinajstić information content (AvgIpc) is 2.53. The molecule has 2 N–H and O–H groups in total. The Kier molecular flexibility index (Phi) is 6.28. The van der Waals surface area contributed by atoms with Crippen LogP contribution in [-0.4, -0.2) is 33.5 Å². The number of hydrogen-bond acceptors (Lipinski definition) is 7. The lowest BCUT2D eigenvalue weighted by molar-refractivity contribution is -0.458. The van der Waals surface area contributed by atoms with E-state index in [1.807, 2.05) is 0 Å². The fraction of sp³-hybridized carbons (Fsp3) is 0.235. The van der Waals surface area contributed by atoms with Gasteiger partial charge in [0.05, 0.1) is 9.79 Å². The molecule has 0 unspecified atom stereocenters. The van der Waals surface area contributed by atoms with Gasteiger partial charge in [-0.2, -0.15) is 0 Å². The van der Waals surface area contributed by atoms with Crippen molar-refractivity contribution in [2.45, 2.75) is 30.6 Å². The molecule has 0 atom stereocenters. The number of hydrogen-bond donors (Lipinski definition) is 2. The van der Waals surface area contributed by atoms with Crippen molar-refractivity contribution in [3.05, 3.63) is 57.6 Å². The van der Waals surface area contributed by atoms with Gasteiger partial charge in [-0.15, -0.1) is 0 Å². The van der Waals surface area contributed by atoms with Crippen LogP contribution in [0.2, 0.25) is 0 Å². The molecule has 0 spiro atoms. The van der Waals surface area contributed by atoms with Gasteiger partial charge in [0, 0.05) is 23.2 Å². The number of amides is 1. The number of anilines is 2. The highest BCUT2D eigenvalue weighted by Crippen LogP contribution is 2.27.